The van der Waals surface area contributed by atoms with Crippen molar-refractivity contribution in [2.75, 3.05) is 24.7 Å². The highest BCUT2D eigenvalue weighted by atomic mass is 32.1. The topological polar surface area (TPSA) is 103 Å². The van der Waals surface area contributed by atoms with Crippen LogP contribution in [-0.2, 0) is 6.54 Å². The number of aromatic nitrogens is 5. The molecule has 3 heterocycles. The summed E-state index contributed by atoms with van der Waals surface area (Å²) in [5, 5.41) is 0.657. The number of anilines is 2. The van der Waals surface area contributed by atoms with Crippen LogP contribution in [0.25, 0.3) is 10.2 Å². The second-order valence-corrected chi connectivity index (χ2v) is 6.65. The van der Waals surface area contributed by atoms with E-state index in [9.17, 15) is 4.79 Å². The van der Waals surface area contributed by atoms with Crippen molar-refractivity contribution in [3.8, 4) is 0 Å². The van der Waals surface area contributed by atoms with E-state index in [2.05, 4.69) is 19.9 Å². The molecule has 0 radical (unpaired) electrons. The molecule has 0 spiro atoms. The van der Waals surface area contributed by atoms with E-state index >= 15 is 0 Å². The molecule has 9 heteroatoms. The molecule has 0 aromatic carbocycles. The Labute approximate surface area is 136 Å². The van der Waals surface area contributed by atoms with E-state index in [1.807, 2.05) is 27.9 Å². The number of fused-ring (bicyclic) bond motifs is 1. The summed E-state index contributed by atoms with van der Waals surface area (Å²) in [5.74, 6) is 1.01. The summed E-state index contributed by atoms with van der Waals surface area (Å²) in [6.45, 7) is 4.12. The molecule has 0 aliphatic rings. The quantitative estimate of drug-likeness (QED) is 0.762. The first-order valence-corrected chi connectivity index (χ1v) is 7.81. The molecule has 3 aromatic rings. The van der Waals surface area contributed by atoms with Crippen LogP contribution in [0.5, 0.6) is 0 Å². The molecular weight excluding hydrogens is 314 g/mol. The Balaban J connectivity index is 2.07. The number of hydrogen-bond acceptors (Lipinski definition) is 8. The molecule has 3 rings (SSSR count). The van der Waals surface area contributed by atoms with Crippen LogP contribution in [0.2, 0.25) is 0 Å². The standard InChI is InChI=1S/C14H17N7OS/c1-7-8(2)23-11-10(7)12(22)21(6-16-11)5-9-17-13(15)19-14(18-9)20(3)4/h6H,5H2,1-4H3,(H2,15,17,18,19). The first-order valence-electron chi connectivity index (χ1n) is 6.99. The number of nitrogen functional groups attached to an aromatic ring is 1. The molecule has 0 aliphatic carbocycles. The molecule has 8 nitrogen and oxygen atoms in total. The summed E-state index contributed by atoms with van der Waals surface area (Å²) in [6, 6.07) is 0. The lowest BCUT2D eigenvalue weighted by Gasteiger charge is -2.12. The van der Waals surface area contributed by atoms with Crippen molar-refractivity contribution in [2.24, 2.45) is 0 Å². The molecule has 0 bridgehead atoms. The van der Waals surface area contributed by atoms with Gasteiger partial charge in [0.1, 0.15) is 4.83 Å². The van der Waals surface area contributed by atoms with Crippen LogP contribution in [0.4, 0.5) is 11.9 Å². The predicted octanol–water partition coefficient (Wildman–Crippen LogP) is 0.956. The molecule has 120 valence electrons. The van der Waals surface area contributed by atoms with Crippen LogP contribution < -0.4 is 16.2 Å². The highest BCUT2D eigenvalue weighted by Gasteiger charge is 2.14. The molecular formula is C14H17N7OS. The number of rotatable bonds is 3. The largest absolute Gasteiger partial charge is 0.368 e. The number of hydrogen-bond donors (Lipinski definition) is 1. The van der Waals surface area contributed by atoms with Crippen LogP contribution >= 0.6 is 11.3 Å². The van der Waals surface area contributed by atoms with E-state index in [1.165, 1.54) is 22.2 Å². The van der Waals surface area contributed by atoms with E-state index in [1.54, 1.807) is 4.90 Å². The van der Waals surface area contributed by atoms with Crippen LogP contribution in [0.3, 0.4) is 0 Å². The lowest BCUT2D eigenvalue weighted by molar-refractivity contribution is 0.700. The van der Waals surface area contributed by atoms with E-state index in [-0.39, 0.29) is 18.1 Å². The van der Waals surface area contributed by atoms with Gasteiger partial charge in [-0.05, 0) is 19.4 Å². The maximum absolute atomic E-state index is 12.7. The summed E-state index contributed by atoms with van der Waals surface area (Å²) in [4.78, 5) is 33.1. The molecule has 0 amide bonds. The zero-order valence-corrected chi connectivity index (χ0v) is 14.2. The van der Waals surface area contributed by atoms with E-state index < -0.39 is 0 Å². The van der Waals surface area contributed by atoms with Crippen LogP contribution in [0, 0.1) is 13.8 Å². The van der Waals surface area contributed by atoms with Gasteiger partial charge in [0, 0.05) is 19.0 Å². The van der Waals surface area contributed by atoms with Gasteiger partial charge in [-0.2, -0.15) is 15.0 Å². The minimum absolute atomic E-state index is 0.0952. The van der Waals surface area contributed by atoms with Crippen molar-refractivity contribution in [1.29, 1.82) is 0 Å². The van der Waals surface area contributed by atoms with Crippen molar-refractivity contribution in [2.45, 2.75) is 20.4 Å². The zero-order chi connectivity index (χ0) is 16.7. The van der Waals surface area contributed by atoms with Crippen molar-refractivity contribution in [3.05, 3.63) is 32.9 Å². The minimum Gasteiger partial charge on any atom is -0.368 e. The van der Waals surface area contributed by atoms with Gasteiger partial charge in [-0.3, -0.25) is 9.36 Å². The lowest BCUT2D eigenvalue weighted by Crippen LogP contribution is -2.23. The molecule has 0 saturated carbocycles. The smallest absolute Gasteiger partial charge is 0.262 e. The first-order chi connectivity index (χ1) is 10.9. The average Bonchev–Trinajstić information content (AvgIpc) is 2.77. The molecule has 23 heavy (non-hydrogen) atoms. The third-order valence-corrected chi connectivity index (χ3v) is 4.67. The fraction of sp³-hybridized carbons (Fsp3) is 0.357. The van der Waals surface area contributed by atoms with Crippen LogP contribution in [0.15, 0.2) is 11.1 Å². The van der Waals surface area contributed by atoms with Gasteiger partial charge in [0.25, 0.3) is 5.56 Å². The van der Waals surface area contributed by atoms with Crippen LogP contribution in [-0.4, -0.2) is 38.6 Å². The van der Waals surface area contributed by atoms with Crippen molar-refractivity contribution in [1.82, 2.24) is 24.5 Å². The summed E-state index contributed by atoms with van der Waals surface area (Å²) < 4.78 is 1.50. The maximum Gasteiger partial charge on any atom is 0.262 e. The van der Waals surface area contributed by atoms with E-state index in [4.69, 9.17) is 5.73 Å². The van der Waals surface area contributed by atoms with Gasteiger partial charge in [-0.15, -0.1) is 11.3 Å². The van der Waals surface area contributed by atoms with Gasteiger partial charge in [0.05, 0.1) is 18.3 Å². The van der Waals surface area contributed by atoms with Gasteiger partial charge in [0.15, 0.2) is 5.82 Å². The summed E-state index contributed by atoms with van der Waals surface area (Å²) >= 11 is 1.52. The number of aryl methyl sites for hydroxylation is 2. The third kappa shape index (κ3) is 2.74. The third-order valence-electron chi connectivity index (χ3n) is 3.55. The summed E-state index contributed by atoms with van der Waals surface area (Å²) in [7, 11) is 3.63. The van der Waals surface area contributed by atoms with Crippen LogP contribution in [0.1, 0.15) is 16.3 Å². The Bertz CT molecular complexity index is 944. The van der Waals surface area contributed by atoms with Gasteiger partial charge < -0.3 is 10.6 Å². The van der Waals surface area contributed by atoms with Crippen molar-refractivity contribution < 1.29 is 0 Å². The maximum atomic E-state index is 12.7. The van der Waals surface area contributed by atoms with Crippen molar-refractivity contribution >= 4 is 33.5 Å². The molecule has 3 aromatic heterocycles. The SMILES string of the molecule is Cc1sc2ncn(Cc3nc(N)nc(N(C)C)n3)c(=O)c2c1C. The average molecular weight is 331 g/mol. The molecule has 0 atom stereocenters. The lowest BCUT2D eigenvalue weighted by atomic mass is 10.2. The summed E-state index contributed by atoms with van der Waals surface area (Å²) in [5.41, 5.74) is 6.59. The predicted molar refractivity (Wildman–Crippen MR) is 91.0 cm³/mol. The second-order valence-electron chi connectivity index (χ2n) is 5.45. The van der Waals surface area contributed by atoms with Gasteiger partial charge in [-0.1, -0.05) is 0 Å². The Kier molecular flexibility index (Phi) is 3.72. The Morgan fingerprint density at radius 1 is 1.26 bits per heavy atom. The molecule has 0 unspecified atom stereocenters. The Hall–Kier alpha value is -2.55. The van der Waals surface area contributed by atoms with E-state index in [0.717, 1.165) is 15.3 Å². The molecule has 0 saturated heterocycles. The molecule has 0 aliphatic heterocycles. The molecule has 2 N–H and O–H groups in total. The van der Waals surface area contributed by atoms with E-state index in [0.29, 0.717) is 17.2 Å². The number of nitrogens with two attached hydrogens (primary N) is 1. The highest BCUT2D eigenvalue weighted by Crippen LogP contribution is 2.25. The first kappa shape index (κ1) is 15.3. The molecule has 0 fully saturated rings. The Morgan fingerprint density at radius 2 is 2.00 bits per heavy atom. The monoisotopic (exact) mass is 331 g/mol. The van der Waals surface area contributed by atoms with Gasteiger partial charge in [-0.25, -0.2) is 4.98 Å². The minimum atomic E-state index is -0.0952. The van der Waals surface area contributed by atoms with Gasteiger partial charge in [0.2, 0.25) is 11.9 Å². The Morgan fingerprint density at radius 3 is 2.70 bits per heavy atom. The van der Waals surface area contributed by atoms with Gasteiger partial charge >= 0.3 is 0 Å². The fourth-order valence-electron chi connectivity index (χ4n) is 2.23. The zero-order valence-electron chi connectivity index (χ0n) is 13.4. The highest BCUT2D eigenvalue weighted by molar-refractivity contribution is 7.18. The number of thiophene rings is 1. The fourth-order valence-corrected chi connectivity index (χ4v) is 3.22. The summed E-state index contributed by atoms with van der Waals surface area (Å²) in [6.07, 6.45) is 1.52. The number of nitrogens with zero attached hydrogens (tertiary/aromatic N) is 6. The van der Waals surface area contributed by atoms with Crippen molar-refractivity contribution in [3.63, 3.8) is 0 Å². The second kappa shape index (κ2) is 5.58. The normalized spacial score (nSPS) is 11.1.